The van der Waals surface area contributed by atoms with E-state index in [0.29, 0.717) is 11.1 Å². The average Bonchev–Trinajstić information content (AvgIpc) is 3.09. The molecule has 0 heterocycles. The second-order valence-electron chi connectivity index (χ2n) is 7.18. The minimum Gasteiger partial charge on any atom is -0.449 e. The molecule has 0 N–H and O–H groups in total. The van der Waals surface area contributed by atoms with Crippen LogP contribution in [0.5, 0.6) is 0 Å². The van der Waals surface area contributed by atoms with Crippen LogP contribution >= 0.6 is 0 Å². The molecule has 4 heteroatoms. The normalized spacial score (nSPS) is 16.9. The Morgan fingerprint density at radius 3 is 1.40 bits per heavy atom. The zero-order valence-corrected chi connectivity index (χ0v) is 16.0. The fourth-order valence-corrected chi connectivity index (χ4v) is 3.97. The Balaban J connectivity index is 1.53. The van der Waals surface area contributed by atoms with Crippen LogP contribution in [0, 0.1) is 0 Å². The molecule has 0 aliphatic heterocycles. The monoisotopic (exact) mass is 394 g/mol. The fourth-order valence-electron chi connectivity index (χ4n) is 3.97. The van der Waals surface area contributed by atoms with Crippen LogP contribution in [0.25, 0.3) is 10.8 Å². The van der Waals surface area contributed by atoms with Crippen LogP contribution < -0.4 is 0 Å². The molecule has 5 rings (SSSR count). The molecule has 0 aromatic heterocycles. The molecule has 30 heavy (non-hydrogen) atoms. The molecule has 1 aliphatic rings. The largest absolute Gasteiger partial charge is 0.449 e. The number of hydrogen-bond donors (Lipinski definition) is 0. The van der Waals surface area contributed by atoms with Crippen LogP contribution in [-0.4, -0.2) is 11.9 Å². The average molecular weight is 394 g/mol. The highest BCUT2D eigenvalue weighted by Gasteiger charge is 2.40. The lowest BCUT2D eigenvalue weighted by molar-refractivity contribution is -0.0345. The van der Waals surface area contributed by atoms with E-state index in [-0.39, 0.29) is 0 Å². The number of ether oxygens (including phenoxy) is 2. The van der Waals surface area contributed by atoms with Gasteiger partial charge in [0.15, 0.2) is 12.2 Å². The predicted octanol–water partition coefficient (Wildman–Crippen LogP) is 5.65. The van der Waals surface area contributed by atoms with Gasteiger partial charge in [0.25, 0.3) is 0 Å². The molecule has 0 saturated heterocycles. The lowest BCUT2D eigenvalue weighted by Gasteiger charge is -2.22. The number of carbonyl (C=O) groups is 2. The van der Waals surface area contributed by atoms with E-state index in [1.807, 2.05) is 48.5 Å². The van der Waals surface area contributed by atoms with Crippen molar-refractivity contribution in [2.45, 2.75) is 12.2 Å². The van der Waals surface area contributed by atoms with Gasteiger partial charge in [0.1, 0.15) is 0 Å². The van der Waals surface area contributed by atoms with Gasteiger partial charge in [-0.1, -0.05) is 72.8 Å². The molecular weight excluding hydrogens is 376 g/mol. The molecular formula is C26H18O4. The van der Waals surface area contributed by atoms with Crippen LogP contribution in [0.15, 0.2) is 97.1 Å². The summed E-state index contributed by atoms with van der Waals surface area (Å²) in [6.45, 7) is 0. The highest BCUT2D eigenvalue weighted by Crippen LogP contribution is 2.48. The van der Waals surface area contributed by atoms with Crippen molar-refractivity contribution in [3.05, 3.63) is 119 Å². The molecule has 4 nitrogen and oxygen atoms in total. The Bertz CT molecular complexity index is 1140. The lowest BCUT2D eigenvalue weighted by Crippen LogP contribution is -2.20. The molecule has 0 radical (unpaired) electrons. The summed E-state index contributed by atoms with van der Waals surface area (Å²) >= 11 is 0. The van der Waals surface area contributed by atoms with Crippen molar-refractivity contribution in [2.75, 3.05) is 0 Å². The Morgan fingerprint density at radius 2 is 0.967 bits per heavy atom. The van der Waals surface area contributed by atoms with Crippen molar-refractivity contribution in [3.63, 3.8) is 0 Å². The van der Waals surface area contributed by atoms with Gasteiger partial charge in [-0.15, -0.1) is 0 Å². The summed E-state index contributed by atoms with van der Waals surface area (Å²) in [6, 6.07) is 29.3. The minimum atomic E-state index is -0.716. The third-order valence-electron chi connectivity index (χ3n) is 5.34. The van der Waals surface area contributed by atoms with Crippen LogP contribution in [-0.2, 0) is 9.47 Å². The second kappa shape index (κ2) is 7.48. The molecule has 0 amide bonds. The number of rotatable bonds is 4. The first-order valence-electron chi connectivity index (χ1n) is 9.76. The van der Waals surface area contributed by atoms with Crippen LogP contribution in [0.2, 0.25) is 0 Å². The summed E-state index contributed by atoms with van der Waals surface area (Å²) in [6.07, 6.45) is -1.43. The van der Waals surface area contributed by atoms with E-state index < -0.39 is 24.1 Å². The van der Waals surface area contributed by atoms with Crippen LogP contribution in [0.4, 0.5) is 0 Å². The predicted molar refractivity (Wildman–Crippen MR) is 113 cm³/mol. The molecule has 2 atom stereocenters. The van der Waals surface area contributed by atoms with Gasteiger partial charge in [-0.05, 0) is 35.0 Å². The Morgan fingerprint density at radius 1 is 0.533 bits per heavy atom. The van der Waals surface area contributed by atoms with E-state index in [2.05, 4.69) is 0 Å². The first kappa shape index (κ1) is 18.1. The molecule has 146 valence electrons. The lowest BCUT2D eigenvalue weighted by atomic mass is 10.1. The summed E-state index contributed by atoms with van der Waals surface area (Å²) in [5, 5.41) is 1.99. The number of benzene rings is 4. The highest BCUT2D eigenvalue weighted by atomic mass is 16.6. The molecule has 0 saturated carbocycles. The van der Waals surface area contributed by atoms with Crippen molar-refractivity contribution < 1.29 is 19.1 Å². The molecule has 0 spiro atoms. The molecule has 4 aromatic rings. The van der Waals surface area contributed by atoms with E-state index in [1.54, 1.807) is 48.5 Å². The number of hydrogen-bond acceptors (Lipinski definition) is 4. The summed E-state index contributed by atoms with van der Waals surface area (Å²) < 4.78 is 11.8. The molecule has 4 aromatic carbocycles. The first-order valence-corrected chi connectivity index (χ1v) is 9.76. The summed E-state index contributed by atoms with van der Waals surface area (Å²) in [4.78, 5) is 25.6. The minimum absolute atomic E-state index is 0.453. The van der Waals surface area contributed by atoms with E-state index in [4.69, 9.17) is 9.47 Å². The number of esters is 2. The Labute approximate surface area is 173 Å². The second-order valence-corrected chi connectivity index (χ2v) is 7.18. The highest BCUT2D eigenvalue weighted by molar-refractivity contribution is 5.95. The molecule has 0 fully saturated rings. The third kappa shape index (κ3) is 3.12. The van der Waals surface area contributed by atoms with Crippen molar-refractivity contribution in [2.24, 2.45) is 0 Å². The third-order valence-corrected chi connectivity index (χ3v) is 5.34. The van der Waals surface area contributed by atoms with Gasteiger partial charge in [0.2, 0.25) is 0 Å². The van der Waals surface area contributed by atoms with Crippen LogP contribution in [0.3, 0.4) is 0 Å². The smallest absolute Gasteiger partial charge is 0.338 e. The van der Waals surface area contributed by atoms with Gasteiger partial charge in [-0.3, -0.25) is 0 Å². The quantitative estimate of drug-likeness (QED) is 0.420. The summed E-state index contributed by atoms with van der Waals surface area (Å²) in [5.74, 6) is -0.905. The Hall–Kier alpha value is -3.92. The van der Waals surface area contributed by atoms with E-state index in [0.717, 1.165) is 21.9 Å². The van der Waals surface area contributed by atoms with Crippen LogP contribution in [0.1, 0.15) is 44.1 Å². The molecule has 2 unspecified atom stereocenters. The van der Waals surface area contributed by atoms with E-state index in [1.165, 1.54) is 0 Å². The summed E-state index contributed by atoms with van der Waals surface area (Å²) in [7, 11) is 0. The maximum atomic E-state index is 12.8. The standard InChI is InChI=1S/C26H18O4/c27-25(18-9-3-1-4-10-18)29-23-20-15-7-13-17-14-8-16-21(22(17)20)24(23)30-26(28)19-11-5-2-6-12-19/h1-16,23-24H. The first-order chi connectivity index (χ1) is 14.7. The maximum Gasteiger partial charge on any atom is 0.338 e. The van der Waals surface area contributed by atoms with E-state index in [9.17, 15) is 9.59 Å². The SMILES string of the molecule is O=C(OC1c2cccc3cccc(c23)C1OC(=O)c1ccccc1)c1ccccc1. The topological polar surface area (TPSA) is 52.6 Å². The van der Waals surface area contributed by atoms with Gasteiger partial charge < -0.3 is 9.47 Å². The van der Waals surface area contributed by atoms with Gasteiger partial charge in [0.05, 0.1) is 11.1 Å². The fraction of sp³-hybridized carbons (Fsp3) is 0.0769. The van der Waals surface area contributed by atoms with Gasteiger partial charge in [-0.25, -0.2) is 9.59 Å². The van der Waals surface area contributed by atoms with Gasteiger partial charge in [0, 0.05) is 11.1 Å². The zero-order chi connectivity index (χ0) is 20.5. The van der Waals surface area contributed by atoms with Crippen molar-refractivity contribution in [1.29, 1.82) is 0 Å². The van der Waals surface area contributed by atoms with Gasteiger partial charge >= 0.3 is 11.9 Å². The number of carbonyl (C=O) groups excluding carboxylic acids is 2. The molecule has 1 aliphatic carbocycles. The van der Waals surface area contributed by atoms with Crippen molar-refractivity contribution >= 4 is 22.7 Å². The van der Waals surface area contributed by atoms with E-state index >= 15 is 0 Å². The van der Waals surface area contributed by atoms with Gasteiger partial charge in [-0.2, -0.15) is 0 Å². The maximum absolute atomic E-state index is 12.8. The Kier molecular flexibility index (Phi) is 4.52. The zero-order valence-electron chi connectivity index (χ0n) is 16.0. The van der Waals surface area contributed by atoms with Crippen molar-refractivity contribution in [3.8, 4) is 0 Å². The van der Waals surface area contributed by atoms with Crippen molar-refractivity contribution in [1.82, 2.24) is 0 Å². The summed E-state index contributed by atoms with van der Waals surface area (Å²) in [5.41, 5.74) is 2.60. The molecule has 0 bridgehead atoms.